The highest BCUT2D eigenvalue weighted by molar-refractivity contribution is 7.40. The summed E-state index contributed by atoms with van der Waals surface area (Å²) < 4.78 is 9.64. The zero-order chi connectivity index (χ0) is 7.28. The standard InChI is InChI=1S/C5H13O3P.BH3/c1-4-7-9(6)8-5(2)3;/h5-6H,4H2,1-3H3;1H3. The van der Waals surface area contributed by atoms with E-state index in [1.165, 1.54) is 0 Å². The van der Waals surface area contributed by atoms with Crippen molar-refractivity contribution in [3.8, 4) is 0 Å². The molecular formula is C5H16BO3P. The Bertz CT molecular complexity index is 71.9. The smallest absolute Gasteiger partial charge is 0.328 e. The molecule has 0 aromatic rings. The van der Waals surface area contributed by atoms with Crippen LogP contribution in [0.3, 0.4) is 0 Å². The molecule has 5 heteroatoms. The van der Waals surface area contributed by atoms with E-state index in [2.05, 4.69) is 0 Å². The third-order valence-electron chi connectivity index (χ3n) is 0.541. The van der Waals surface area contributed by atoms with Gasteiger partial charge in [0.05, 0.1) is 21.1 Å². The highest BCUT2D eigenvalue weighted by atomic mass is 31.2. The Hall–Kier alpha value is 0.375. The van der Waals surface area contributed by atoms with E-state index in [4.69, 9.17) is 13.9 Å². The summed E-state index contributed by atoms with van der Waals surface area (Å²) in [5.41, 5.74) is 0. The molecule has 0 aromatic heterocycles. The SMILES string of the molecule is B.CCOP(O)OC(C)C. The van der Waals surface area contributed by atoms with Crippen LogP contribution in [0.15, 0.2) is 0 Å². The summed E-state index contributed by atoms with van der Waals surface area (Å²) in [4.78, 5) is 8.84. The predicted octanol–water partition coefficient (Wildman–Crippen LogP) is 0.483. The second-order valence-corrected chi connectivity index (χ2v) is 2.75. The van der Waals surface area contributed by atoms with Gasteiger partial charge in [-0.1, -0.05) is 0 Å². The maximum Gasteiger partial charge on any atom is 0.330 e. The zero-order valence-corrected chi connectivity index (χ0v) is 6.89. The normalized spacial score (nSPS) is 12.9. The second-order valence-electron chi connectivity index (χ2n) is 1.81. The Morgan fingerprint density at radius 3 is 2.30 bits per heavy atom. The molecule has 0 amide bonds. The molecule has 0 bridgehead atoms. The molecule has 3 nitrogen and oxygen atoms in total. The lowest BCUT2D eigenvalue weighted by Crippen LogP contribution is -1.98. The van der Waals surface area contributed by atoms with Crippen LogP contribution in [0.25, 0.3) is 0 Å². The lowest BCUT2D eigenvalue weighted by Gasteiger charge is -2.10. The molecule has 0 aliphatic carbocycles. The maximum absolute atomic E-state index is 8.84. The molecule has 1 N–H and O–H groups in total. The number of hydrogen-bond acceptors (Lipinski definition) is 3. The summed E-state index contributed by atoms with van der Waals surface area (Å²) in [6.45, 7) is 6.01. The van der Waals surface area contributed by atoms with E-state index in [-0.39, 0.29) is 14.5 Å². The van der Waals surface area contributed by atoms with Crippen molar-refractivity contribution in [2.45, 2.75) is 26.9 Å². The van der Waals surface area contributed by atoms with Crippen molar-refractivity contribution >= 4 is 17.0 Å². The molecular weight excluding hydrogens is 150 g/mol. The van der Waals surface area contributed by atoms with Crippen LogP contribution in [0.5, 0.6) is 0 Å². The van der Waals surface area contributed by atoms with Crippen LogP contribution in [-0.2, 0) is 9.05 Å². The van der Waals surface area contributed by atoms with E-state index in [9.17, 15) is 0 Å². The van der Waals surface area contributed by atoms with Gasteiger partial charge >= 0.3 is 8.60 Å². The van der Waals surface area contributed by atoms with Crippen molar-refractivity contribution < 1.29 is 13.9 Å². The van der Waals surface area contributed by atoms with Crippen LogP contribution in [-0.4, -0.2) is 26.0 Å². The predicted molar refractivity (Wildman–Crippen MR) is 46.9 cm³/mol. The summed E-state index contributed by atoms with van der Waals surface area (Å²) in [7, 11) is -1.62. The molecule has 0 aromatic carbocycles. The molecule has 62 valence electrons. The molecule has 0 spiro atoms. The molecule has 0 saturated heterocycles. The Labute approximate surface area is 65.3 Å². The van der Waals surface area contributed by atoms with Gasteiger partial charge in [0.2, 0.25) is 0 Å². The van der Waals surface area contributed by atoms with Gasteiger partial charge in [-0.3, -0.25) is 0 Å². The van der Waals surface area contributed by atoms with Gasteiger partial charge in [0, 0.05) is 0 Å². The van der Waals surface area contributed by atoms with Gasteiger partial charge in [0.25, 0.3) is 0 Å². The molecule has 0 fully saturated rings. The van der Waals surface area contributed by atoms with Crippen LogP contribution in [0.2, 0.25) is 0 Å². The average molecular weight is 166 g/mol. The highest BCUT2D eigenvalue weighted by Crippen LogP contribution is 2.33. The Morgan fingerprint density at radius 2 is 2.00 bits per heavy atom. The fraction of sp³-hybridized carbons (Fsp3) is 1.00. The van der Waals surface area contributed by atoms with Crippen LogP contribution in [0, 0.1) is 0 Å². The van der Waals surface area contributed by atoms with Crippen LogP contribution in [0.4, 0.5) is 0 Å². The van der Waals surface area contributed by atoms with Crippen molar-refractivity contribution in [1.29, 1.82) is 0 Å². The molecule has 1 atom stereocenters. The molecule has 10 heavy (non-hydrogen) atoms. The quantitative estimate of drug-likeness (QED) is 0.487. The first-order valence-corrected chi connectivity index (χ1v) is 4.08. The van der Waals surface area contributed by atoms with Crippen LogP contribution >= 0.6 is 8.60 Å². The molecule has 0 rings (SSSR count). The van der Waals surface area contributed by atoms with E-state index in [0.29, 0.717) is 6.61 Å². The first-order valence-electron chi connectivity index (χ1n) is 2.95. The second kappa shape index (κ2) is 7.48. The molecule has 0 heterocycles. The van der Waals surface area contributed by atoms with Crippen molar-refractivity contribution in [3.63, 3.8) is 0 Å². The summed E-state index contributed by atoms with van der Waals surface area (Å²) in [5.74, 6) is 0. The Balaban J connectivity index is 0. The van der Waals surface area contributed by atoms with E-state index >= 15 is 0 Å². The summed E-state index contributed by atoms with van der Waals surface area (Å²) in [5, 5.41) is 0. The Kier molecular flexibility index (Phi) is 9.73. The minimum atomic E-state index is -1.62. The Morgan fingerprint density at radius 1 is 1.50 bits per heavy atom. The third kappa shape index (κ3) is 8.37. The number of rotatable bonds is 4. The number of hydrogen-bond donors (Lipinski definition) is 1. The fourth-order valence-corrected chi connectivity index (χ4v) is 0.964. The van der Waals surface area contributed by atoms with Crippen molar-refractivity contribution in [1.82, 2.24) is 0 Å². The lowest BCUT2D eigenvalue weighted by atomic mass is 10.5. The molecule has 1 unspecified atom stereocenters. The minimum Gasteiger partial charge on any atom is -0.328 e. The molecule has 0 saturated carbocycles. The van der Waals surface area contributed by atoms with Gasteiger partial charge in [-0.2, -0.15) is 0 Å². The summed E-state index contributed by atoms with van der Waals surface area (Å²) in [6, 6.07) is 0. The monoisotopic (exact) mass is 166 g/mol. The molecule has 0 aliphatic rings. The zero-order valence-electron chi connectivity index (χ0n) is 6.00. The largest absolute Gasteiger partial charge is 0.330 e. The van der Waals surface area contributed by atoms with Crippen LogP contribution < -0.4 is 0 Å². The van der Waals surface area contributed by atoms with E-state index in [1.807, 2.05) is 20.8 Å². The van der Waals surface area contributed by atoms with Crippen LogP contribution in [0.1, 0.15) is 20.8 Å². The van der Waals surface area contributed by atoms with Gasteiger partial charge < -0.3 is 13.9 Å². The molecule has 0 radical (unpaired) electrons. The van der Waals surface area contributed by atoms with Gasteiger partial charge in [-0.05, 0) is 20.8 Å². The van der Waals surface area contributed by atoms with Crippen molar-refractivity contribution in [2.24, 2.45) is 0 Å². The topological polar surface area (TPSA) is 38.7 Å². The van der Waals surface area contributed by atoms with Crippen molar-refractivity contribution in [2.75, 3.05) is 6.61 Å². The van der Waals surface area contributed by atoms with Gasteiger partial charge in [-0.15, -0.1) is 0 Å². The minimum absolute atomic E-state index is 0. The lowest BCUT2D eigenvalue weighted by molar-refractivity contribution is 0.170. The van der Waals surface area contributed by atoms with Gasteiger partial charge in [-0.25, -0.2) is 0 Å². The highest BCUT2D eigenvalue weighted by Gasteiger charge is 2.06. The van der Waals surface area contributed by atoms with E-state index in [0.717, 1.165) is 0 Å². The van der Waals surface area contributed by atoms with E-state index in [1.54, 1.807) is 0 Å². The summed E-state index contributed by atoms with van der Waals surface area (Å²) >= 11 is 0. The summed E-state index contributed by atoms with van der Waals surface area (Å²) in [6.07, 6.45) is 0.0349. The maximum atomic E-state index is 8.84. The first-order chi connectivity index (χ1) is 4.16. The van der Waals surface area contributed by atoms with Gasteiger partial charge in [0.1, 0.15) is 0 Å². The third-order valence-corrected chi connectivity index (χ3v) is 1.62. The average Bonchev–Trinajstić information content (AvgIpc) is 1.63. The van der Waals surface area contributed by atoms with Crippen molar-refractivity contribution in [3.05, 3.63) is 0 Å². The first kappa shape index (κ1) is 13.0. The van der Waals surface area contributed by atoms with E-state index < -0.39 is 8.60 Å². The van der Waals surface area contributed by atoms with Gasteiger partial charge in [0.15, 0.2) is 0 Å². The fourth-order valence-electron chi connectivity index (χ4n) is 0.321. The molecule has 0 aliphatic heterocycles.